The number of nitrogens with one attached hydrogen (secondary N) is 1. The Morgan fingerprint density at radius 3 is 3.05 bits per heavy atom. The first kappa shape index (κ1) is 14.7. The Hall–Kier alpha value is -1.26. The number of nitrogens with zero attached hydrogens (tertiary/aromatic N) is 2. The van der Waals surface area contributed by atoms with Crippen LogP contribution in [0.4, 0.5) is 0 Å². The van der Waals surface area contributed by atoms with E-state index in [1.165, 1.54) is 32.1 Å². The van der Waals surface area contributed by atoms with E-state index in [0.717, 1.165) is 28.9 Å². The topological polar surface area (TPSA) is 37.8 Å². The van der Waals surface area contributed by atoms with Gasteiger partial charge in [0.15, 0.2) is 0 Å². The summed E-state index contributed by atoms with van der Waals surface area (Å²) in [6.45, 7) is 3.25. The molecule has 1 aliphatic carbocycles. The number of pyridine rings is 1. The van der Waals surface area contributed by atoms with Crippen molar-refractivity contribution in [2.75, 3.05) is 0 Å². The van der Waals surface area contributed by atoms with E-state index in [9.17, 15) is 0 Å². The van der Waals surface area contributed by atoms with Crippen molar-refractivity contribution in [2.24, 2.45) is 5.92 Å². The molecular formula is C17H23N3S. The molecule has 2 aromatic rings. The Labute approximate surface area is 130 Å². The van der Waals surface area contributed by atoms with Crippen molar-refractivity contribution in [1.29, 1.82) is 0 Å². The van der Waals surface area contributed by atoms with Crippen LogP contribution in [0.25, 0.3) is 10.7 Å². The Balaban J connectivity index is 1.55. The van der Waals surface area contributed by atoms with Crippen LogP contribution in [-0.4, -0.2) is 16.0 Å². The first-order chi connectivity index (χ1) is 10.3. The molecule has 0 spiro atoms. The van der Waals surface area contributed by atoms with Gasteiger partial charge in [0, 0.05) is 24.2 Å². The largest absolute Gasteiger partial charge is 0.308 e. The number of hydrogen-bond donors (Lipinski definition) is 1. The second-order valence-corrected chi connectivity index (χ2v) is 6.91. The molecule has 3 nitrogen and oxygen atoms in total. The van der Waals surface area contributed by atoms with Gasteiger partial charge < -0.3 is 5.32 Å². The van der Waals surface area contributed by atoms with Gasteiger partial charge in [0.1, 0.15) is 5.01 Å². The van der Waals surface area contributed by atoms with Crippen LogP contribution in [0.15, 0.2) is 29.8 Å². The summed E-state index contributed by atoms with van der Waals surface area (Å²) < 4.78 is 0. The molecule has 1 aliphatic rings. The van der Waals surface area contributed by atoms with E-state index in [1.807, 2.05) is 24.4 Å². The van der Waals surface area contributed by atoms with E-state index in [-0.39, 0.29) is 0 Å². The zero-order valence-electron chi connectivity index (χ0n) is 12.6. The van der Waals surface area contributed by atoms with Crippen molar-refractivity contribution >= 4 is 11.3 Å². The highest BCUT2D eigenvalue weighted by molar-refractivity contribution is 7.13. The molecule has 3 rings (SSSR count). The standard InChI is InChI=1S/C17H23N3S/c1-13-5-4-6-14(9-8-13)19-11-15-12-21-17(20-15)16-7-2-3-10-18-16/h2-3,7,10,12-14,19H,4-6,8-9,11H2,1H3. The van der Waals surface area contributed by atoms with Crippen LogP contribution in [-0.2, 0) is 6.54 Å². The third-order valence-corrected chi connectivity index (χ3v) is 5.18. The highest BCUT2D eigenvalue weighted by Gasteiger charge is 2.16. The van der Waals surface area contributed by atoms with Crippen molar-refractivity contribution in [1.82, 2.24) is 15.3 Å². The fraction of sp³-hybridized carbons (Fsp3) is 0.529. The summed E-state index contributed by atoms with van der Waals surface area (Å²) in [5, 5.41) is 6.85. The zero-order chi connectivity index (χ0) is 14.5. The van der Waals surface area contributed by atoms with Crippen LogP contribution in [0.2, 0.25) is 0 Å². The number of rotatable bonds is 4. The van der Waals surface area contributed by atoms with Gasteiger partial charge in [0.25, 0.3) is 0 Å². The lowest BCUT2D eigenvalue weighted by Gasteiger charge is -2.15. The molecule has 2 atom stereocenters. The molecule has 21 heavy (non-hydrogen) atoms. The first-order valence-corrected chi connectivity index (χ1v) is 8.78. The lowest BCUT2D eigenvalue weighted by atomic mass is 10.0. The zero-order valence-corrected chi connectivity index (χ0v) is 13.4. The first-order valence-electron chi connectivity index (χ1n) is 7.90. The van der Waals surface area contributed by atoms with Gasteiger partial charge in [0.2, 0.25) is 0 Å². The molecular weight excluding hydrogens is 278 g/mol. The van der Waals surface area contributed by atoms with Crippen molar-refractivity contribution in [3.8, 4) is 10.7 Å². The van der Waals surface area contributed by atoms with Crippen LogP contribution in [0, 0.1) is 5.92 Å². The number of aromatic nitrogens is 2. The van der Waals surface area contributed by atoms with E-state index in [2.05, 4.69) is 22.6 Å². The summed E-state index contributed by atoms with van der Waals surface area (Å²) in [6, 6.07) is 6.62. The summed E-state index contributed by atoms with van der Waals surface area (Å²) in [4.78, 5) is 9.06. The predicted octanol–water partition coefficient (Wildman–Crippen LogP) is 4.26. The minimum Gasteiger partial charge on any atom is -0.308 e. The van der Waals surface area contributed by atoms with E-state index in [1.54, 1.807) is 11.3 Å². The lowest BCUT2D eigenvalue weighted by Crippen LogP contribution is -2.28. The summed E-state index contributed by atoms with van der Waals surface area (Å²) in [6.07, 6.45) is 8.53. The lowest BCUT2D eigenvalue weighted by molar-refractivity contribution is 0.445. The molecule has 0 amide bonds. The molecule has 1 N–H and O–H groups in total. The maximum absolute atomic E-state index is 4.70. The van der Waals surface area contributed by atoms with Crippen LogP contribution < -0.4 is 5.32 Å². The SMILES string of the molecule is CC1CCCC(NCc2csc(-c3ccccn3)n2)CC1. The minimum absolute atomic E-state index is 0.662. The Morgan fingerprint density at radius 1 is 1.24 bits per heavy atom. The smallest absolute Gasteiger partial charge is 0.142 e. The van der Waals surface area contributed by atoms with Crippen molar-refractivity contribution in [3.63, 3.8) is 0 Å². The molecule has 0 saturated heterocycles. The second kappa shape index (κ2) is 7.14. The van der Waals surface area contributed by atoms with Gasteiger partial charge in [-0.15, -0.1) is 11.3 Å². The third-order valence-electron chi connectivity index (χ3n) is 4.27. The van der Waals surface area contributed by atoms with E-state index < -0.39 is 0 Å². The van der Waals surface area contributed by atoms with Crippen LogP contribution in [0.1, 0.15) is 44.7 Å². The summed E-state index contributed by atoms with van der Waals surface area (Å²) >= 11 is 1.68. The molecule has 0 aromatic carbocycles. The number of hydrogen-bond acceptors (Lipinski definition) is 4. The molecule has 2 aromatic heterocycles. The normalized spacial score (nSPS) is 22.9. The van der Waals surface area contributed by atoms with E-state index >= 15 is 0 Å². The summed E-state index contributed by atoms with van der Waals surface area (Å²) in [5.74, 6) is 0.895. The van der Waals surface area contributed by atoms with Crippen LogP contribution in [0.3, 0.4) is 0 Å². The third kappa shape index (κ3) is 4.11. The molecule has 0 radical (unpaired) electrons. The van der Waals surface area contributed by atoms with Gasteiger partial charge in [-0.25, -0.2) is 4.98 Å². The quantitative estimate of drug-likeness (QED) is 0.857. The van der Waals surface area contributed by atoms with Gasteiger partial charge in [-0.2, -0.15) is 0 Å². The van der Waals surface area contributed by atoms with Gasteiger partial charge in [0.05, 0.1) is 11.4 Å². The molecule has 2 unspecified atom stereocenters. The van der Waals surface area contributed by atoms with Crippen LogP contribution in [0.5, 0.6) is 0 Å². The Kier molecular flexibility index (Phi) is 4.99. The van der Waals surface area contributed by atoms with E-state index in [4.69, 9.17) is 4.98 Å². The predicted molar refractivity (Wildman–Crippen MR) is 88.2 cm³/mol. The average molecular weight is 301 g/mol. The van der Waals surface area contributed by atoms with Gasteiger partial charge in [-0.05, 0) is 37.3 Å². The molecule has 0 bridgehead atoms. The minimum atomic E-state index is 0.662. The molecule has 1 fully saturated rings. The molecule has 112 valence electrons. The summed E-state index contributed by atoms with van der Waals surface area (Å²) in [7, 11) is 0. The Morgan fingerprint density at radius 2 is 2.19 bits per heavy atom. The van der Waals surface area contributed by atoms with Crippen molar-refractivity contribution in [2.45, 2.75) is 51.6 Å². The molecule has 0 aliphatic heterocycles. The van der Waals surface area contributed by atoms with Gasteiger partial charge in [-0.3, -0.25) is 4.98 Å². The molecule has 1 saturated carbocycles. The fourth-order valence-corrected chi connectivity index (χ4v) is 3.73. The second-order valence-electron chi connectivity index (χ2n) is 6.05. The Bertz CT molecular complexity index is 552. The van der Waals surface area contributed by atoms with Gasteiger partial charge >= 0.3 is 0 Å². The maximum Gasteiger partial charge on any atom is 0.142 e. The van der Waals surface area contributed by atoms with Crippen molar-refractivity contribution in [3.05, 3.63) is 35.5 Å². The molecule has 2 heterocycles. The van der Waals surface area contributed by atoms with Crippen molar-refractivity contribution < 1.29 is 0 Å². The average Bonchev–Trinajstić information content (AvgIpc) is 2.90. The van der Waals surface area contributed by atoms with E-state index in [0.29, 0.717) is 6.04 Å². The van der Waals surface area contributed by atoms with Gasteiger partial charge in [-0.1, -0.05) is 25.8 Å². The van der Waals surface area contributed by atoms with Crippen LogP contribution >= 0.6 is 11.3 Å². The fourth-order valence-electron chi connectivity index (χ4n) is 2.94. The highest BCUT2D eigenvalue weighted by atomic mass is 32.1. The monoisotopic (exact) mass is 301 g/mol. The summed E-state index contributed by atoms with van der Waals surface area (Å²) in [5.41, 5.74) is 2.11. The maximum atomic E-state index is 4.70. The highest BCUT2D eigenvalue weighted by Crippen LogP contribution is 2.24. The molecule has 4 heteroatoms. The number of thiazole rings is 1.